The van der Waals surface area contributed by atoms with Gasteiger partial charge in [0.25, 0.3) is 5.91 Å². The Morgan fingerprint density at radius 2 is 1.97 bits per heavy atom. The highest BCUT2D eigenvalue weighted by Gasteiger charge is 2.48. The number of ether oxygens (including phenoxy) is 1. The molecular weight excluding hydrogens is 396 g/mol. The van der Waals surface area contributed by atoms with Crippen molar-refractivity contribution in [3.8, 4) is 11.4 Å². The van der Waals surface area contributed by atoms with Crippen LogP contribution in [0, 0.1) is 0 Å². The average Bonchev–Trinajstić information content (AvgIpc) is 3.33. The van der Waals surface area contributed by atoms with E-state index in [1.165, 1.54) is 11.0 Å². The predicted octanol–water partition coefficient (Wildman–Crippen LogP) is 2.16. The third kappa shape index (κ3) is 3.64. The molecule has 0 aliphatic carbocycles. The Labute approximate surface area is 171 Å². The molecule has 1 fully saturated rings. The number of imide groups is 1. The molecule has 29 heavy (non-hydrogen) atoms. The van der Waals surface area contributed by atoms with Crippen molar-refractivity contribution in [3.05, 3.63) is 65.4 Å². The number of aromatic nitrogens is 4. The number of halogens is 1. The molecule has 0 bridgehead atoms. The van der Waals surface area contributed by atoms with Gasteiger partial charge < -0.3 is 10.1 Å². The van der Waals surface area contributed by atoms with E-state index < -0.39 is 11.6 Å². The fourth-order valence-corrected chi connectivity index (χ4v) is 3.25. The van der Waals surface area contributed by atoms with Gasteiger partial charge in [-0.2, -0.15) is 0 Å². The van der Waals surface area contributed by atoms with E-state index in [9.17, 15) is 9.59 Å². The summed E-state index contributed by atoms with van der Waals surface area (Å²) in [4.78, 5) is 26.7. The van der Waals surface area contributed by atoms with Crippen molar-refractivity contribution in [2.75, 3.05) is 13.2 Å². The number of rotatable bonds is 6. The second-order valence-electron chi connectivity index (χ2n) is 6.62. The standard InChI is InChI=1S/C19H17ClN6O3/c1-19(13-3-2-4-15(11-13)26-12-21-23-24-26)17(27)25(18(28)22-19)9-10-29-16-7-5-14(20)6-8-16/h2-8,11-12H,9-10H2,1H3,(H,22,28)/t19-/m0/s1. The summed E-state index contributed by atoms with van der Waals surface area (Å²) in [5.74, 6) is 0.259. The van der Waals surface area contributed by atoms with Crippen LogP contribution in [-0.4, -0.2) is 50.2 Å². The van der Waals surface area contributed by atoms with Gasteiger partial charge in [-0.3, -0.25) is 9.69 Å². The van der Waals surface area contributed by atoms with E-state index >= 15 is 0 Å². The molecule has 1 N–H and O–H groups in total. The number of hydrogen-bond donors (Lipinski definition) is 1. The molecule has 148 valence electrons. The maximum Gasteiger partial charge on any atom is 0.325 e. The summed E-state index contributed by atoms with van der Waals surface area (Å²) in [5, 5.41) is 14.5. The molecule has 3 amide bonds. The SMILES string of the molecule is C[C@@]1(c2cccc(-n3cnnn3)c2)NC(=O)N(CCOc2ccc(Cl)cc2)C1=O. The fraction of sp³-hybridized carbons (Fsp3) is 0.211. The maximum atomic E-state index is 13.0. The zero-order valence-electron chi connectivity index (χ0n) is 15.4. The van der Waals surface area contributed by atoms with Crippen LogP contribution in [0.25, 0.3) is 5.69 Å². The van der Waals surface area contributed by atoms with E-state index in [1.54, 1.807) is 49.4 Å². The molecule has 2 heterocycles. The normalized spacial score (nSPS) is 18.8. The minimum absolute atomic E-state index is 0.121. The van der Waals surface area contributed by atoms with Crippen LogP contribution < -0.4 is 10.1 Å². The lowest BCUT2D eigenvalue weighted by Crippen LogP contribution is -2.41. The smallest absolute Gasteiger partial charge is 0.325 e. The second-order valence-corrected chi connectivity index (χ2v) is 7.06. The highest BCUT2D eigenvalue weighted by Crippen LogP contribution is 2.30. The van der Waals surface area contributed by atoms with E-state index in [1.807, 2.05) is 6.07 Å². The minimum Gasteiger partial charge on any atom is -0.492 e. The lowest BCUT2D eigenvalue weighted by atomic mass is 9.91. The largest absolute Gasteiger partial charge is 0.492 e. The van der Waals surface area contributed by atoms with Crippen molar-refractivity contribution >= 4 is 23.5 Å². The van der Waals surface area contributed by atoms with E-state index in [0.717, 1.165) is 4.90 Å². The molecule has 1 atom stereocenters. The summed E-state index contributed by atoms with van der Waals surface area (Å²) in [6.07, 6.45) is 1.46. The topological polar surface area (TPSA) is 102 Å². The lowest BCUT2D eigenvalue weighted by Gasteiger charge is -2.22. The van der Waals surface area contributed by atoms with Crippen molar-refractivity contribution in [1.29, 1.82) is 0 Å². The Balaban J connectivity index is 1.48. The van der Waals surface area contributed by atoms with Crippen LogP contribution in [0.5, 0.6) is 5.75 Å². The Kier molecular flexibility index (Phi) is 4.89. The number of benzene rings is 2. The molecule has 1 aliphatic rings. The quantitative estimate of drug-likeness (QED) is 0.622. The molecule has 4 rings (SSSR count). The van der Waals surface area contributed by atoms with Gasteiger partial charge in [0.05, 0.1) is 12.2 Å². The van der Waals surface area contributed by atoms with Crippen molar-refractivity contribution in [1.82, 2.24) is 30.4 Å². The summed E-state index contributed by atoms with van der Waals surface area (Å²) in [6.45, 7) is 1.96. The van der Waals surface area contributed by atoms with Crippen molar-refractivity contribution in [2.45, 2.75) is 12.5 Å². The lowest BCUT2D eigenvalue weighted by molar-refractivity contribution is -0.131. The monoisotopic (exact) mass is 412 g/mol. The Hall–Kier alpha value is -3.46. The molecule has 10 heteroatoms. The van der Waals surface area contributed by atoms with Crippen LogP contribution >= 0.6 is 11.6 Å². The van der Waals surface area contributed by atoms with Gasteiger partial charge in [-0.05, 0) is 59.3 Å². The van der Waals surface area contributed by atoms with Gasteiger partial charge in [0.2, 0.25) is 0 Å². The second kappa shape index (κ2) is 7.51. The molecule has 1 aliphatic heterocycles. The number of tetrazole rings is 1. The molecule has 1 aromatic heterocycles. The highest BCUT2D eigenvalue weighted by molar-refractivity contribution is 6.30. The number of hydrogen-bond acceptors (Lipinski definition) is 6. The molecular formula is C19H17ClN6O3. The first-order valence-corrected chi connectivity index (χ1v) is 9.21. The molecule has 2 aromatic carbocycles. The van der Waals surface area contributed by atoms with E-state index in [-0.39, 0.29) is 19.1 Å². The molecule has 0 saturated carbocycles. The summed E-state index contributed by atoms with van der Waals surface area (Å²) < 4.78 is 7.08. The first kappa shape index (κ1) is 18.9. The molecule has 9 nitrogen and oxygen atoms in total. The van der Waals surface area contributed by atoms with Crippen LogP contribution in [-0.2, 0) is 10.3 Å². The first-order chi connectivity index (χ1) is 14.0. The van der Waals surface area contributed by atoms with Gasteiger partial charge in [-0.1, -0.05) is 23.7 Å². The molecule has 1 saturated heterocycles. The molecule has 3 aromatic rings. The maximum absolute atomic E-state index is 13.0. The summed E-state index contributed by atoms with van der Waals surface area (Å²) in [5.41, 5.74) is 0.117. The highest BCUT2D eigenvalue weighted by atomic mass is 35.5. The van der Waals surface area contributed by atoms with Crippen molar-refractivity contribution in [3.63, 3.8) is 0 Å². The molecule has 0 radical (unpaired) electrons. The third-order valence-electron chi connectivity index (χ3n) is 4.71. The van der Waals surface area contributed by atoms with Crippen LogP contribution in [0.1, 0.15) is 12.5 Å². The van der Waals surface area contributed by atoms with Crippen molar-refractivity contribution < 1.29 is 14.3 Å². The van der Waals surface area contributed by atoms with Crippen LogP contribution in [0.3, 0.4) is 0 Å². The Morgan fingerprint density at radius 1 is 1.17 bits per heavy atom. The fourth-order valence-electron chi connectivity index (χ4n) is 3.12. The number of carbonyl (C=O) groups excluding carboxylic acids is 2. The summed E-state index contributed by atoms with van der Waals surface area (Å²) >= 11 is 5.85. The number of nitrogens with one attached hydrogen (secondary N) is 1. The Morgan fingerprint density at radius 3 is 2.69 bits per heavy atom. The van der Waals surface area contributed by atoms with E-state index in [4.69, 9.17) is 16.3 Å². The zero-order chi connectivity index (χ0) is 20.4. The van der Waals surface area contributed by atoms with Crippen LogP contribution in [0.2, 0.25) is 5.02 Å². The van der Waals surface area contributed by atoms with Gasteiger partial charge in [0, 0.05) is 5.02 Å². The van der Waals surface area contributed by atoms with Gasteiger partial charge in [-0.15, -0.1) is 5.10 Å². The Bertz CT molecular complexity index is 1040. The minimum atomic E-state index is -1.19. The van der Waals surface area contributed by atoms with Gasteiger partial charge in [0.1, 0.15) is 24.2 Å². The van der Waals surface area contributed by atoms with E-state index in [2.05, 4.69) is 20.8 Å². The number of nitrogens with zero attached hydrogens (tertiary/aromatic N) is 5. The van der Waals surface area contributed by atoms with Gasteiger partial charge in [-0.25, -0.2) is 9.48 Å². The third-order valence-corrected chi connectivity index (χ3v) is 4.96. The number of urea groups is 1. The van der Waals surface area contributed by atoms with E-state index in [0.29, 0.717) is 22.0 Å². The predicted molar refractivity (Wildman–Crippen MR) is 104 cm³/mol. The summed E-state index contributed by atoms with van der Waals surface area (Å²) in [7, 11) is 0. The number of carbonyl (C=O) groups is 2. The van der Waals surface area contributed by atoms with Crippen molar-refractivity contribution in [2.24, 2.45) is 0 Å². The molecule has 0 spiro atoms. The van der Waals surface area contributed by atoms with Crippen LogP contribution in [0.15, 0.2) is 54.9 Å². The number of amides is 3. The first-order valence-electron chi connectivity index (χ1n) is 8.84. The zero-order valence-corrected chi connectivity index (χ0v) is 16.2. The molecule has 0 unspecified atom stereocenters. The average molecular weight is 413 g/mol. The van der Waals surface area contributed by atoms with Gasteiger partial charge in [0.15, 0.2) is 0 Å². The summed E-state index contributed by atoms with van der Waals surface area (Å²) in [6, 6.07) is 13.5. The van der Waals surface area contributed by atoms with Gasteiger partial charge >= 0.3 is 6.03 Å². The van der Waals surface area contributed by atoms with Crippen LogP contribution in [0.4, 0.5) is 4.79 Å².